The molecule has 0 saturated carbocycles. The van der Waals surface area contributed by atoms with Gasteiger partial charge in [-0.2, -0.15) is 5.26 Å². The van der Waals surface area contributed by atoms with Crippen molar-refractivity contribution in [1.29, 1.82) is 5.26 Å². The van der Waals surface area contributed by atoms with Crippen LogP contribution in [-0.2, 0) is 4.79 Å². The molecule has 1 N–H and O–H groups in total. The number of nitrogens with one attached hydrogen (secondary N) is 1. The van der Waals surface area contributed by atoms with Crippen molar-refractivity contribution >= 4 is 39.3 Å². The average molecular weight is 544 g/mol. The van der Waals surface area contributed by atoms with Crippen LogP contribution < -0.4 is 10.1 Å². The van der Waals surface area contributed by atoms with Crippen LogP contribution in [0.5, 0.6) is 5.75 Å². The second kappa shape index (κ2) is 11.2. The zero-order valence-electron chi connectivity index (χ0n) is 19.2. The van der Waals surface area contributed by atoms with Crippen molar-refractivity contribution in [3.05, 3.63) is 95.0 Å². The molecular formula is C28H22BrN3O2S. The Hall–Kier alpha value is -3.60. The summed E-state index contributed by atoms with van der Waals surface area (Å²) >= 11 is 4.67. The van der Waals surface area contributed by atoms with Crippen molar-refractivity contribution < 1.29 is 9.53 Å². The summed E-state index contributed by atoms with van der Waals surface area (Å²) in [6.45, 7) is 1.81. The van der Waals surface area contributed by atoms with Gasteiger partial charge in [-0.1, -0.05) is 70.2 Å². The first kappa shape index (κ1) is 24.5. The van der Waals surface area contributed by atoms with Crippen LogP contribution in [0.1, 0.15) is 12.5 Å². The number of carbonyl (C=O) groups excluding carboxylic acids is 1. The number of pyridine rings is 1. The Morgan fingerprint density at radius 3 is 2.34 bits per heavy atom. The first-order valence-corrected chi connectivity index (χ1v) is 12.5. The molecule has 4 rings (SSSR count). The number of methoxy groups -OCH3 is 1. The van der Waals surface area contributed by atoms with Gasteiger partial charge in [-0.25, -0.2) is 4.98 Å². The van der Waals surface area contributed by atoms with Crippen molar-refractivity contribution in [2.45, 2.75) is 17.2 Å². The molecule has 0 aliphatic rings. The number of ether oxygens (including phenoxy) is 1. The number of rotatable bonds is 7. The van der Waals surface area contributed by atoms with E-state index in [4.69, 9.17) is 9.72 Å². The zero-order valence-corrected chi connectivity index (χ0v) is 21.6. The number of thioether (sulfide) groups is 1. The number of nitriles is 1. The van der Waals surface area contributed by atoms with E-state index in [1.165, 1.54) is 11.8 Å². The molecule has 1 aromatic heterocycles. The van der Waals surface area contributed by atoms with Crippen LogP contribution in [0.25, 0.3) is 22.4 Å². The number of aromatic nitrogens is 1. The van der Waals surface area contributed by atoms with Gasteiger partial charge in [0.2, 0.25) is 5.91 Å². The van der Waals surface area contributed by atoms with Crippen LogP contribution in [0, 0.1) is 11.3 Å². The van der Waals surface area contributed by atoms with Crippen LogP contribution in [-0.4, -0.2) is 23.3 Å². The molecule has 1 amide bonds. The lowest BCUT2D eigenvalue weighted by Crippen LogP contribution is -2.22. The average Bonchev–Trinajstić information content (AvgIpc) is 2.90. The van der Waals surface area contributed by atoms with Gasteiger partial charge < -0.3 is 10.1 Å². The predicted molar refractivity (Wildman–Crippen MR) is 144 cm³/mol. The number of halogens is 1. The second-order valence-electron chi connectivity index (χ2n) is 7.70. The molecular weight excluding hydrogens is 522 g/mol. The van der Waals surface area contributed by atoms with Crippen molar-refractivity contribution in [2.24, 2.45) is 0 Å². The minimum Gasteiger partial charge on any atom is -0.497 e. The summed E-state index contributed by atoms with van der Waals surface area (Å²) < 4.78 is 6.22. The lowest BCUT2D eigenvalue weighted by atomic mass is 9.99. The Morgan fingerprint density at radius 1 is 1.03 bits per heavy atom. The molecule has 7 heteroatoms. The van der Waals surface area contributed by atoms with Crippen LogP contribution in [0.15, 0.2) is 94.4 Å². The fourth-order valence-electron chi connectivity index (χ4n) is 3.47. The fourth-order valence-corrected chi connectivity index (χ4v) is 4.66. The largest absolute Gasteiger partial charge is 0.497 e. The molecule has 1 heterocycles. The monoisotopic (exact) mass is 543 g/mol. The Labute approximate surface area is 217 Å². The third kappa shape index (κ3) is 5.91. The molecule has 0 bridgehead atoms. The number of amides is 1. The third-order valence-electron chi connectivity index (χ3n) is 5.34. The van der Waals surface area contributed by atoms with E-state index in [0.717, 1.165) is 32.6 Å². The van der Waals surface area contributed by atoms with E-state index >= 15 is 0 Å². The quantitative estimate of drug-likeness (QED) is 0.250. The molecule has 3 aromatic carbocycles. The first-order chi connectivity index (χ1) is 17.0. The summed E-state index contributed by atoms with van der Waals surface area (Å²) in [6.07, 6.45) is 0. The van der Waals surface area contributed by atoms with Crippen molar-refractivity contribution in [2.75, 3.05) is 12.4 Å². The summed E-state index contributed by atoms with van der Waals surface area (Å²) in [5, 5.41) is 13.1. The number of hydrogen-bond donors (Lipinski definition) is 1. The van der Waals surface area contributed by atoms with Crippen molar-refractivity contribution in [3.63, 3.8) is 0 Å². The highest BCUT2D eigenvalue weighted by molar-refractivity contribution is 9.10. The summed E-state index contributed by atoms with van der Waals surface area (Å²) in [6, 6.07) is 29.0. The minimum absolute atomic E-state index is 0.167. The normalized spacial score (nSPS) is 11.4. The number of anilines is 1. The van der Waals surface area contributed by atoms with E-state index in [1.807, 2.05) is 91.9 Å². The highest BCUT2D eigenvalue weighted by Gasteiger charge is 2.21. The van der Waals surface area contributed by atoms with Gasteiger partial charge in [0, 0.05) is 21.3 Å². The first-order valence-electron chi connectivity index (χ1n) is 10.9. The van der Waals surface area contributed by atoms with Crippen LogP contribution in [0.4, 0.5) is 5.69 Å². The number of carbonyl (C=O) groups is 1. The molecule has 0 saturated heterocycles. The molecule has 0 spiro atoms. The molecule has 0 aliphatic carbocycles. The van der Waals surface area contributed by atoms with Gasteiger partial charge in [-0.3, -0.25) is 4.79 Å². The maximum Gasteiger partial charge on any atom is 0.237 e. The Kier molecular flexibility index (Phi) is 7.86. The van der Waals surface area contributed by atoms with E-state index in [-0.39, 0.29) is 5.91 Å². The fraction of sp³-hybridized carbons (Fsp3) is 0.107. The van der Waals surface area contributed by atoms with E-state index < -0.39 is 5.25 Å². The Morgan fingerprint density at radius 2 is 1.71 bits per heavy atom. The molecule has 4 aromatic rings. The van der Waals surface area contributed by atoms with Crippen molar-refractivity contribution in [1.82, 2.24) is 4.98 Å². The van der Waals surface area contributed by atoms with Crippen LogP contribution in [0.2, 0.25) is 0 Å². The van der Waals surface area contributed by atoms with Gasteiger partial charge in [0.15, 0.2) is 0 Å². The van der Waals surface area contributed by atoms with Crippen molar-refractivity contribution in [3.8, 4) is 34.2 Å². The van der Waals surface area contributed by atoms with Gasteiger partial charge in [0.05, 0.1) is 23.6 Å². The molecule has 0 aliphatic heterocycles. The minimum atomic E-state index is -0.479. The maximum absolute atomic E-state index is 12.9. The maximum atomic E-state index is 12.9. The molecule has 0 fully saturated rings. The third-order valence-corrected chi connectivity index (χ3v) is 6.95. The van der Waals surface area contributed by atoms with Gasteiger partial charge in [-0.15, -0.1) is 0 Å². The molecule has 0 radical (unpaired) electrons. The molecule has 174 valence electrons. The summed E-state index contributed by atoms with van der Waals surface area (Å²) in [4.78, 5) is 17.7. The lowest BCUT2D eigenvalue weighted by molar-refractivity contribution is -0.115. The second-order valence-corrected chi connectivity index (χ2v) is 9.94. The smallest absolute Gasteiger partial charge is 0.237 e. The Bertz CT molecular complexity index is 1370. The van der Waals surface area contributed by atoms with Gasteiger partial charge in [0.25, 0.3) is 0 Å². The highest BCUT2D eigenvalue weighted by Crippen LogP contribution is 2.36. The standard InChI is InChI=1S/C28H22BrN3O2S/c1-18(27(33)31-22-12-10-21(29)11-13-22)35-28-25(17-30)24(19-8-14-23(34-2)15-9-19)16-26(32-28)20-6-4-3-5-7-20/h3-16,18H,1-2H3,(H,31,33)/t18-/m1/s1. The SMILES string of the molecule is COc1ccc(-c2cc(-c3ccccc3)nc(S[C@H](C)C(=O)Nc3ccc(Br)cc3)c2C#N)cc1. The highest BCUT2D eigenvalue weighted by atomic mass is 79.9. The van der Waals surface area contributed by atoms with Gasteiger partial charge in [0.1, 0.15) is 16.8 Å². The summed E-state index contributed by atoms with van der Waals surface area (Å²) in [7, 11) is 1.62. The van der Waals surface area contributed by atoms with Crippen LogP contribution >= 0.6 is 27.7 Å². The number of benzene rings is 3. The van der Waals surface area contributed by atoms with Gasteiger partial charge >= 0.3 is 0 Å². The van der Waals surface area contributed by atoms with Crippen LogP contribution in [0.3, 0.4) is 0 Å². The topological polar surface area (TPSA) is 75.0 Å². The molecule has 1 atom stereocenters. The zero-order chi connectivity index (χ0) is 24.8. The number of hydrogen-bond acceptors (Lipinski definition) is 5. The van der Waals surface area contributed by atoms with Gasteiger partial charge in [-0.05, 0) is 55.0 Å². The molecule has 35 heavy (non-hydrogen) atoms. The van der Waals surface area contributed by atoms with E-state index in [9.17, 15) is 10.1 Å². The molecule has 5 nitrogen and oxygen atoms in total. The summed E-state index contributed by atoms with van der Waals surface area (Å²) in [5.74, 6) is 0.566. The number of nitrogens with zero attached hydrogens (tertiary/aromatic N) is 2. The lowest BCUT2D eigenvalue weighted by Gasteiger charge is -2.16. The predicted octanol–water partition coefficient (Wildman–Crippen LogP) is 7.18. The van der Waals surface area contributed by atoms with E-state index in [0.29, 0.717) is 16.3 Å². The Balaban J connectivity index is 1.72. The van der Waals surface area contributed by atoms with E-state index in [1.54, 1.807) is 7.11 Å². The summed E-state index contributed by atoms with van der Waals surface area (Å²) in [5.41, 5.74) is 4.43. The molecule has 0 unspecified atom stereocenters. The van der Waals surface area contributed by atoms with E-state index in [2.05, 4.69) is 27.3 Å².